The molecule has 0 amide bonds. The number of benzene rings is 2. The maximum Gasteiger partial charge on any atom is 0.338 e. The van der Waals surface area contributed by atoms with Gasteiger partial charge in [-0.3, -0.25) is 10.1 Å². The van der Waals surface area contributed by atoms with Crippen LogP contribution in [0.1, 0.15) is 15.9 Å². The molecule has 0 saturated carbocycles. The lowest BCUT2D eigenvalue weighted by atomic mass is 10.1. The molecule has 7 heteroatoms. The van der Waals surface area contributed by atoms with Crippen molar-refractivity contribution in [3.63, 3.8) is 0 Å². The molecule has 0 aliphatic rings. The molecule has 2 rings (SSSR count). The average Bonchev–Trinajstić information content (AvgIpc) is 2.44. The van der Waals surface area contributed by atoms with Gasteiger partial charge in [-0.2, -0.15) is 0 Å². The Morgan fingerprint density at radius 1 is 1.29 bits per heavy atom. The van der Waals surface area contributed by atoms with Crippen LogP contribution in [0.25, 0.3) is 0 Å². The van der Waals surface area contributed by atoms with E-state index in [0.717, 1.165) is 16.1 Å². The summed E-state index contributed by atoms with van der Waals surface area (Å²) < 4.78 is 0.920. The van der Waals surface area contributed by atoms with Gasteiger partial charge in [-0.15, -0.1) is 0 Å². The quantitative estimate of drug-likeness (QED) is 0.633. The van der Waals surface area contributed by atoms with Crippen LogP contribution in [-0.2, 0) is 6.54 Å². The molecule has 2 N–H and O–H groups in total. The van der Waals surface area contributed by atoms with Gasteiger partial charge in [0.25, 0.3) is 5.69 Å². The van der Waals surface area contributed by atoms with Crippen molar-refractivity contribution in [1.82, 2.24) is 0 Å². The number of carbonyl (C=O) groups is 1. The number of nitrogens with zero attached hydrogens (tertiary/aromatic N) is 1. The van der Waals surface area contributed by atoms with Gasteiger partial charge in [0.05, 0.1) is 10.5 Å². The summed E-state index contributed by atoms with van der Waals surface area (Å²) in [6.45, 7) is 0.414. The number of non-ortho nitro benzene ring substituents is 1. The molecule has 0 bridgehead atoms. The van der Waals surface area contributed by atoms with Crippen LogP contribution in [0.15, 0.2) is 46.9 Å². The SMILES string of the molecule is O=C(O)c1cc([N+](=O)[O-])ccc1NCc1cccc(Br)c1. The highest BCUT2D eigenvalue weighted by atomic mass is 79.9. The maximum absolute atomic E-state index is 11.2. The summed E-state index contributed by atoms with van der Waals surface area (Å²) in [5, 5.41) is 22.8. The second-order valence-corrected chi connectivity index (χ2v) is 5.19. The van der Waals surface area contributed by atoms with Gasteiger partial charge in [0.2, 0.25) is 0 Å². The monoisotopic (exact) mass is 350 g/mol. The van der Waals surface area contributed by atoms with E-state index in [1.165, 1.54) is 12.1 Å². The van der Waals surface area contributed by atoms with Crippen molar-refractivity contribution in [2.24, 2.45) is 0 Å². The summed E-state index contributed by atoms with van der Waals surface area (Å²) in [4.78, 5) is 21.3. The Kier molecular flexibility index (Phi) is 4.54. The standard InChI is InChI=1S/C14H11BrN2O4/c15-10-3-1-2-9(6-10)8-16-13-5-4-11(17(20)21)7-12(13)14(18)19/h1-7,16H,8H2,(H,18,19). The van der Waals surface area contributed by atoms with Crippen molar-refractivity contribution in [1.29, 1.82) is 0 Å². The minimum atomic E-state index is -1.21. The van der Waals surface area contributed by atoms with Gasteiger partial charge < -0.3 is 10.4 Å². The minimum absolute atomic E-state index is 0.126. The fourth-order valence-electron chi connectivity index (χ4n) is 1.82. The topological polar surface area (TPSA) is 92.5 Å². The first-order chi connectivity index (χ1) is 9.97. The largest absolute Gasteiger partial charge is 0.478 e. The van der Waals surface area contributed by atoms with Crippen molar-refractivity contribution in [3.05, 3.63) is 68.2 Å². The molecule has 21 heavy (non-hydrogen) atoms. The molecule has 0 aliphatic heterocycles. The van der Waals surface area contributed by atoms with E-state index < -0.39 is 10.9 Å². The molecule has 0 saturated heterocycles. The number of hydrogen-bond acceptors (Lipinski definition) is 4. The highest BCUT2D eigenvalue weighted by Gasteiger charge is 2.15. The zero-order chi connectivity index (χ0) is 15.4. The van der Waals surface area contributed by atoms with Gasteiger partial charge in [0.1, 0.15) is 0 Å². The number of aromatic carboxylic acids is 1. The van der Waals surface area contributed by atoms with Crippen LogP contribution >= 0.6 is 15.9 Å². The highest BCUT2D eigenvalue weighted by molar-refractivity contribution is 9.10. The second-order valence-electron chi connectivity index (χ2n) is 4.28. The number of hydrogen-bond donors (Lipinski definition) is 2. The molecule has 0 unspecified atom stereocenters. The van der Waals surface area contributed by atoms with E-state index in [0.29, 0.717) is 12.2 Å². The highest BCUT2D eigenvalue weighted by Crippen LogP contribution is 2.23. The zero-order valence-corrected chi connectivity index (χ0v) is 12.3. The van der Waals surface area contributed by atoms with Gasteiger partial charge in [-0.1, -0.05) is 28.1 Å². The lowest BCUT2D eigenvalue weighted by molar-refractivity contribution is -0.384. The Bertz CT molecular complexity index is 703. The number of halogens is 1. The molecule has 2 aromatic carbocycles. The Balaban J connectivity index is 2.23. The predicted octanol–water partition coefficient (Wildman–Crippen LogP) is 3.67. The normalized spacial score (nSPS) is 10.1. The summed E-state index contributed by atoms with van der Waals surface area (Å²) in [6, 6.07) is 11.3. The number of rotatable bonds is 5. The lowest BCUT2D eigenvalue weighted by Crippen LogP contribution is -2.07. The molecule has 0 radical (unpaired) electrons. The predicted molar refractivity (Wildman–Crippen MR) is 81.5 cm³/mol. The van der Waals surface area contributed by atoms with Gasteiger partial charge in [0.15, 0.2) is 0 Å². The van der Waals surface area contributed by atoms with E-state index in [-0.39, 0.29) is 11.3 Å². The maximum atomic E-state index is 11.2. The summed E-state index contributed by atoms with van der Waals surface area (Å²) in [5.41, 5.74) is 0.923. The van der Waals surface area contributed by atoms with Crippen molar-refractivity contribution in [3.8, 4) is 0 Å². The third-order valence-corrected chi connectivity index (χ3v) is 3.31. The van der Waals surface area contributed by atoms with Crippen molar-refractivity contribution >= 4 is 33.3 Å². The molecule has 0 atom stereocenters. The second kappa shape index (κ2) is 6.36. The van der Waals surface area contributed by atoms with E-state index in [2.05, 4.69) is 21.2 Å². The van der Waals surface area contributed by atoms with Crippen LogP contribution in [0.2, 0.25) is 0 Å². The molecule has 108 valence electrons. The summed E-state index contributed by atoms with van der Waals surface area (Å²) in [7, 11) is 0. The first-order valence-corrected chi connectivity index (χ1v) is 6.76. The van der Waals surface area contributed by atoms with Crippen LogP contribution in [0, 0.1) is 10.1 Å². The Labute approximate surface area is 128 Å². The molecule has 0 spiro atoms. The Hall–Kier alpha value is -2.41. The molecule has 0 aliphatic carbocycles. The number of carboxylic acids is 1. The van der Waals surface area contributed by atoms with Crippen LogP contribution in [0.5, 0.6) is 0 Å². The summed E-state index contributed by atoms with van der Waals surface area (Å²) in [6.07, 6.45) is 0. The molecule has 6 nitrogen and oxygen atoms in total. The van der Waals surface area contributed by atoms with Crippen LogP contribution in [-0.4, -0.2) is 16.0 Å². The molecular formula is C14H11BrN2O4. The van der Waals surface area contributed by atoms with Crippen LogP contribution in [0.3, 0.4) is 0 Å². The molecule has 0 heterocycles. The molecule has 0 fully saturated rings. The number of nitro benzene ring substituents is 1. The van der Waals surface area contributed by atoms with Gasteiger partial charge >= 0.3 is 5.97 Å². The molecule has 0 aromatic heterocycles. The third-order valence-electron chi connectivity index (χ3n) is 2.82. The number of carboxylic acid groups (broad SMARTS) is 1. The number of anilines is 1. The Morgan fingerprint density at radius 3 is 2.67 bits per heavy atom. The summed E-state index contributed by atoms with van der Waals surface area (Å²) >= 11 is 3.35. The minimum Gasteiger partial charge on any atom is -0.478 e. The Morgan fingerprint density at radius 2 is 2.05 bits per heavy atom. The van der Waals surface area contributed by atoms with E-state index in [4.69, 9.17) is 5.11 Å². The lowest BCUT2D eigenvalue weighted by Gasteiger charge is -2.10. The van der Waals surface area contributed by atoms with E-state index in [1.54, 1.807) is 0 Å². The van der Waals surface area contributed by atoms with E-state index in [9.17, 15) is 14.9 Å². The average molecular weight is 351 g/mol. The van der Waals surface area contributed by atoms with Crippen LogP contribution < -0.4 is 5.32 Å². The molecule has 2 aromatic rings. The smallest absolute Gasteiger partial charge is 0.338 e. The number of nitro groups is 1. The van der Waals surface area contributed by atoms with E-state index in [1.807, 2.05) is 24.3 Å². The first-order valence-electron chi connectivity index (χ1n) is 5.97. The van der Waals surface area contributed by atoms with Crippen molar-refractivity contribution in [2.45, 2.75) is 6.54 Å². The van der Waals surface area contributed by atoms with Crippen LogP contribution in [0.4, 0.5) is 11.4 Å². The van der Waals surface area contributed by atoms with Gasteiger partial charge in [-0.25, -0.2) is 4.79 Å². The summed E-state index contributed by atoms with van der Waals surface area (Å²) in [5.74, 6) is -1.21. The fraction of sp³-hybridized carbons (Fsp3) is 0.0714. The zero-order valence-electron chi connectivity index (χ0n) is 10.7. The first kappa shape index (κ1) is 15.0. The number of nitrogens with one attached hydrogen (secondary N) is 1. The van der Waals surface area contributed by atoms with Gasteiger partial charge in [-0.05, 0) is 23.8 Å². The van der Waals surface area contributed by atoms with Crippen molar-refractivity contribution < 1.29 is 14.8 Å². The third kappa shape index (κ3) is 3.79. The fourth-order valence-corrected chi connectivity index (χ4v) is 2.27. The van der Waals surface area contributed by atoms with Gasteiger partial charge in [0, 0.05) is 28.8 Å². The van der Waals surface area contributed by atoms with E-state index >= 15 is 0 Å². The van der Waals surface area contributed by atoms with Crippen molar-refractivity contribution in [2.75, 3.05) is 5.32 Å². The molecular weight excluding hydrogens is 340 g/mol.